The lowest BCUT2D eigenvalue weighted by molar-refractivity contribution is -0.134. The van der Waals surface area contributed by atoms with Crippen LogP contribution in [0.4, 0.5) is 0 Å². The van der Waals surface area contributed by atoms with Gasteiger partial charge in [-0.15, -0.1) is 0 Å². The Labute approximate surface area is 98.8 Å². The number of amides is 1. The molecule has 0 radical (unpaired) electrons. The van der Waals surface area contributed by atoms with Crippen LogP contribution in [-0.4, -0.2) is 48.4 Å². The highest BCUT2D eigenvalue weighted by atomic mass is 16.2. The maximum absolute atomic E-state index is 11.9. The number of piperazine rings is 1. The van der Waals surface area contributed by atoms with E-state index in [9.17, 15) is 4.79 Å². The molecule has 1 heterocycles. The van der Waals surface area contributed by atoms with Gasteiger partial charge in [0.1, 0.15) is 0 Å². The molecule has 1 aliphatic carbocycles. The van der Waals surface area contributed by atoms with E-state index >= 15 is 0 Å². The minimum atomic E-state index is 0.390. The van der Waals surface area contributed by atoms with E-state index in [0.29, 0.717) is 11.8 Å². The summed E-state index contributed by atoms with van der Waals surface area (Å²) in [5, 5.41) is 0. The maximum atomic E-state index is 11.9. The zero-order valence-electron chi connectivity index (χ0n) is 10.6. The Hall–Kier alpha value is -0.570. The van der Waals surface area contributed by atoms with Crippen LogP contribution in [0, 0.1) is 11.8 Å². The Morgan fingerprint density at radius 1 is 1.25 bits per heavy atom. The Bertz CT molecular complexity index is 242. The molecular weight excluding hydrogens is 200 g/mol. The molecule has 1 unspecified atom stereocenters. The van der Waals surface area contributed by atoms with Crippen LogP contribution >= 0.6 is 0 Å². The fourth-order valence-electron chi connectivity index (χ4n) is 2.31. The van der Waals surface area contributed by atoms with Gasteiger partial charge in [-0.25, -0.2) is 0 Å². The van der Waals surface area contributed by atoms with Crippen LogP contribution in [0.1, 0.15) is 33.1 Å². The number of rotatable bonds is 4. The fraction of sp³-hybridized carbons (Fsp3) is 0.923. The van der Waals surface area contributed by atoms with E-state index < -0.39 is 0 Å². The Morgan fingerprint density at radius 3 is 2.38 bits per heavy atom. The monoisotopic (exact) mass is 224 g/mol. The Morgan fingerprint density at radius 2 is 1.88 bits per heavy atom. The molecule has 92 valence electrons. The third-order valence-corrected chi connectivity index (χ3v) is 3.88. The van der Waals surface area contributed by atoms with Crippen molar-refractivity contribution in [2.75, 3.05) is 32.7 Å². The highest BCUT2D eigenvalue weighted by molar-refractivity contribution is 5.81. The molecule has 0 bridgehead atoms. The SMILES string of the molecule is CCC(C)CN1CCN(C(=O)C2CC2)CC1. The van der Waals surface area contributed by atoms with Gasteiger partial charge in [0.25, 0.3) is 0 Å². The molecule has 0 aromatic carbocycles. The van der Waals surface area contributed by atoms with Crippen molar-refractivity contribution < 1.29 is 4.79 Å². The fourth-order valence-corrected chi connectivity index (χ4v) is 2.31. The molecule has 1 atom stereocenters. The highest BCUT2D eigenvalue weighted by Crippen LogP contribution is 2.31. The van der Waals surface area contributed by atoms with Crippen molar-refractivity contribution in [1.29, 1.82) is 0 Å². The van der Waals surface area contributed by atoms with Crippen molar-refractivity contribution in [3.8, 4) is 0 Å². The lowest BCUT2D eigenvalue weighted by Crippen LogP contribution is -2.50. The zero-order valence-corrected chi connectivity index (χ0v) is 10.6. The molecule has 3 heteroatoms. The summed E-state index contributed by atoms with van der Waals surface area (Å²) in [6, 6.07) is 0. The van der Waals surface area contributed by atoms with Gasteiger partial charge in [-0.05, 0) is 18.8 Å². The van der Waals surface area contributed by atoms with Gasteiger partial charge < -0.3 is 4.90 Å². The van der Waals surface area contributed by atoms with Crippen molar-refractivity contribution in [2.24, 2.45) is 11.8 Å². The quantitative estimate of drug-likeness (QED) is 0.724. The summed E-state index contributed by atoms with van der Waals surface area (Å²) in [7, 11) is 0. The van der Waals surface area contributed by atoms with Gasteiger partial charge in [0.15, 0.2) is 0 Å². The minimum Gasteiger partial charge on any atom is -0.340 e. The number of carbonyl (C=O) groups is 1. The number of hydrogen-bond donors (Lipinski definition) is 0. The zero-order chi connectivity index (χ0) is 11.5. The Balaban J connectivity index is 1.71. The molecule has 2 rings (SSSR count). The molecule has 1 aliphatic heterocycles. The first-order valence-corrected chi connectivity index (χ1v) is 6.71. The molecule has 16 heavy (non-hydrogen) atoms. The van der Waals surface area contributed by atoms with Gasteiger partial charge >= 0.3 is 0 Å². The van der Waals surface area contributed by atoms with E-state index in [1.54, 1.807) is 0 Å². The standard InChI is InChI=1S/C13H24N2O/c1-3-11(2)10-14-6-8-15(9-7-14)13(16)12-4-5-12/h11-12H,3-10H2,1-2H3. The molecule has 0 aromatic heterocycles. The number of carbonyl (C=O) groups excluding carboxylic acids is 1. The lowest BCUT2D eigenvalue weighted by atomic mass is 10.1. The summed E-state index contributed by atoms with van der Waals surface area (Å²) in [6.45, 7) is 9.80. The van der Waals surface area contributed by atoms with Crippen molar-refractivity contribution in [3.63, 3.8) is 0 Å². The second-order valence-corrected chi connectivity index (χ2v) is 5.41. The molecule has 1 amide bonds. The van der Waals surface area contributed by atoms with E-state index in [2.05, 4.69) is 23.6 Å². The molecular formula is C13H24N2O. The van der Waals surface area contributed by atoms with E-state index in [4.69, 9.17) is 0 Å². The van der Waals surface area contributed by atoms with Crippen LogP contribution in [0.5, 0.6) is 0 Å². The summed E-state index contributed by atoms with van der Waals surface area (Å²) in [5.41, 5.74) is 0. The molecule has 0 aromatic rings. The average Bonchev–Trinajstić information content (AvgIpc) is 3.13. The minimum absolute atomic E-state index is 0.390. The third kappa shape index (κ3) is 2.97. The third-order valence-electron chi connectivity index (χ3n) is 3.88. The summed E-state index contributed by atoms with van der Waals surface area (Å²) >= 11 is 0. The summed E-state index contributed by atoms with van der Waals surface area (Å²) in [6.07, 6.45) is 3.51. The largest absolute Gasteiger partial charge is 0.340 e. The molecule has 2 aliphatic rings. The summed E-state index contributed by atoms with van der Waals surface area (Å²) in [4.78, 5) is 16.4. The first kappa shape index (κ1) is 11.9. The maximum Gasteiger partial charge on any atom is 0.225 e. The van der Waals surface area contributed by atoms with E-state index in [-0.39, 0.29) is 0 Å². The lowest BCUT2D eigenvalue weighted by Gasteiger charge is -2.36. The summed E-state index contributed by atoms with van der Waals surface area (Å²) in [5.74, 6) is 1.59. The van der Waals surface area contributed by atoms with Crippen LogP contribution in [0.3, 0.4) is 0 Å². The molecule has 0 spiro atoms. The topological polar surface area (TPSA) is 23.6 Å². The summed E-state index contributed by atoms with van der Waals surface area (Å²) < 4.78 is 0. The molecule has 0 N–H and O–H groups in total. The van der Waals surface area contributed by atoms with Crippen LogP contribution in [0.15, 0.2) is 0 Å². The Kier molecular flexibility index (Phi) is 3.85. The average molecular weight is 224 g/mol. The molecule has 3 nitrogen and oxygen atoms in total. The number of hydrogen-bond acceptors (Lipinski definition) is 2. The van der Waals surface area contributed by atoms with Gasteiger partial charge in [-0.2, -0.15) is 0 Å². The van der Waals surface area contributed by atoms with Crippen LogP contribution in [0.25, 0.3) is 0 Å². The van der Waals surface area contributed by atoms with E-state index in [0.717, 1.165) is 44.9 Å². The van der Waals surface area contributed by atoms with Crippen molar-refractivity contribution in [2.45, 2.75) is 33.1 Å². The normalized spacial score (nSPS) is 24.5. The van der Waals surface area contributed by atoms with Crippen LogP contribution in [-0.2, 0) is 4.79 Å². The van der Waals surface area contributed by atoms with Crippen LogP contribution < -0.4 is 0 Å². The predicted molar refractivity (Wildman–Crippen MR) is 65.2 cm³/mol. The van der Waals surface area contributed by atoms with Gasteiger partial charge in [-0.1, -0.05) is 20.3 Å². The van der Waals surface area contributed by atoms with E-state index in [1.807, 2.05) is 0 Å². The highest BCUT2D eigenvalue weighted by Gasteiger charge is 2.34. The van der Waals surface area contributed by atoms with Crippen molar-refractivity contribution >= 4 is 5.91 Å². The van der Waals surface area contributed by atoms with Gasteiger partial charge in [0.05, 0.1) is 0 Å². The first-order chi connectivity index (χ1) is 7.70. The number of nitrogens with zero attached hydrogens (tertiary/aromatic N) is 2. The molecule has 2 fully saturated rings. The van der Waals surface area contributed by atoms with Crippen molar-refractivity contribution in [3.05, 3.63) is 0 Å². The first-order valence-electron chi connectivity index (χ1n) is 6.71. The predicted octanol–water partition coefficient (Wildman–Crippen LogP) is 1.59. The van der Waals surface area contributed by atoms with Gasteiger partial charge in [0.2, 0.25) is 5.91 Å². The van der Waals surface area contributed by atoms with Gasteiger partial charge in [0, 0.05) is 38.6 Å². The van der Waals surface area contributed by atoms with Gasteiger partial charge in [-0.3, -0.25) is 9.69 Å². The second-order valence-electron chi connectivity index (χ2n) is 5.41. The van der Waals surface area contributed by atoms with E-state index in [1.165, 1.54) is 13.0 Å². The molecule has 1 saturated carbocycles. The smallest absolute Gasteiger partial charge is 0.225 e. The van der Waals surface area contributed by atoms with Crippen molar-refractivity contribution in [1.82, 2.24) is 9.80 Å². The second kappa shape index (κ2) is 5.17. The molecule has 1 saturated heterocycles. The van der Waals surface area contributed by atoms with Crippen LogP contribution in [0.2, 0.25) is 0 Å².